The Hall–Kier alpha value is -2.56. The fourth-order valence-corrected chi connectivity index (χ4v) is 2.11. The van der Waals surface area contributed by atoms with E-state index in [1.807, 2.05) is 55.2 Å². The summed E-state index contributed by atoms with van der Waals surface area (Å²) < 4.78 is 3.64. The van der Waals surface area contributed by atoms with Gasteiger partial charge in [-0.05, 0) is 0 Å². The van der Waals surface area contributed by atoms with Crippen molar-refractivity contribution in [3.63, 3.8) is 0 Å². The van der Waals surface area contributed by atoms with Crippen LogP contribution >= 0.6 is 0 Å². The SMILES string of the molecule is Cn1cc(-c2nc(-c3ccccc3)n(C)c2N)cn1. The Kier molecular flexibility index (Phi) is 2.59. The normalized spacial score (nSPS) is 10.8. The first kappa shape index (κ1) is 11.5. The van der Waals surface area contributed by atoms with Crippen molar-refractivity contribution in [3.05, 3.63) is 42.7 Å². The molecule has 5 heteroatoms. The summed E-state index contributed by atoms with van der Waals surface area (Å²) in [5, 5.41) is 4.16. The quantitative estimate of drug-likeness (QED) is 0.760. The number of aryl methyl sites for hydroxylation is 1. The largest absolute Gasteiger partial charge is 0.383 e. The van der Waals surface area contributed by atoms with E-state index in [1.165, 1.54) is 0 Å². The molecule has 0 aliphatic rings. The lowest BCUT2D eigenvalue weighted by Crippen LogP contribution is -1.98. The Bertz CT molecular complexity index is 709. The summed E-state index contributed by atoms with van der Waals surface area (Å²) in [7, 11) is 3.80. The number of imidazole rings is 1. The molecule has 0 spiro atoms. The zero-order valence-electron chi connectivity index (χ0n) is 10.9. The predicted molar refractivity (Wildman–Crippen MR) is 75.3 cm³/mol. The third-order valence-electron chi connectivity index (χ3n) is 3.15. The maximum atomic E-state index is 6.15. The van der Waals surface area contributed by atoms with Crippen LogP contribution in [0.25, 0.3) is 22.6 Å². The van der Waals surface area contributed by atoms with Crippen LogP contribution in [0, 0.1) is 0 Å². The van der Waals surface area contributed by atoms with Gasteiger partial charge in [0.05, 0.1) is 6.20 Å². The molecule has 0 amide bonds. The van der Waals surface area contributed by atoms with Crippen molar-refractivity contribution in [1.29, 1.82) is 0 Å². The third-order valence-corrected chi connectivity index (χ3v) is 3.15. The first-order valence-electron chi connectivity index (χ1n) is 6.03. The Balaban J connectivity index is 2.15. The van der Waals surface area contributed by atoms with E-state index in [1.54, 1.807) is 10.9 Å². The van der Waals surface area contributed by atoms with Gasteiger partial charge < -0.3 is 10.3 Å². The smallest absolute Gasteiger partial charge is 0.142 e. The van der Waals surface area contributed by atoms with Crippen LogP contribution in [0.15, 0.2) is 42.7 Å². The minimum atomic E-state index is 0.645. The Morgan fingerprint density at radius 3 is 2.42 bits per heavy atom. The molecular formula is C14H15N5. The van der Waals surface area contributed by atoms with Crippen molar-refractivity contribution in [2.45, 2.75) is 0 Å². The van der Waals surface area contributed by atoms with Gasteiger partial charge >= 0.3 is 0 Å². The lowest BCUT2D eigenvalue weighted by Gasteiger charge is -2.01. The Labute approximate surface area is 111 Å². The molecule has 2 N–H and O–H groups in total. The molecule has 3 rings (SSSR count). The highest BCUT2D eigenvalue weighted by Crippen LogP contribution is 2.29. The number of benzene rings is 1. The highest BCUT2D eigenvalue weighted by atomic mass is 15.2. The maximum Gasteiger partial charge on any atom is 0.142 e. The van der Waals surface area contributed by atoms with E-state index in [9.17, 15) is 0 Å². The van der Waals surface area contributed by atoms with Gasteiger partial charge in [0.15, 0.2) is 0 Å². The number of nitrogens with two attached hydrogens (primary N) is 1. The molecule has 0 bridgehead atoms. The number of rotatable bonds is 2. The van der Waals surface area contributed by atoms with Gasteiger partial charge in [-0.15, -0.1) is 0 Å². The van der Waals surface area contributed by atoms with E-state index >= 15 is 0 Å². The summed E-state index contributed by atoms with van der Waals surface area (Å²) in [6, 6.07) is 10.0. The standard InChI is InChI=1S/C14H15N5/c1-18-9-11(8-16-18)12-13(15)19(2)14(17-12)10-6-4-3-5-7-10/h3-9H,15H2,1-2H3. The molecule has 19 heavy (non-hydrogen) atoms. The number of hydrogen-bond donors (Lipinski definition) is 1. The monoisotopic (exact) mass is 253 g/mol. The van der Waals surface area contributed by atoms with Crippen molar-refractivity contribution in [2.75, 3.05) is 5.73 Å². The second-order valence-electron chi connectivity index (χ2n) is 4.50. The molecule has 0 saturated heterocycles. The van der Waals surface area contributed by atoms with Crippen molar-refractivity contribution < 1.29 is 0 Å². The van der Waals surface area contributed by atoms with Crippen LogP contribution in [0.1, 0.15) is 0 Å². The van der Waals surface area contributed by atoms with Crippen LogP contribution in [-0.2, 0) is 14.1 Å². The van der Waals surface area contributed by atoms with E-state index in [-0.39, 0.29) is 0 Å². The maximum absolute atomic E-state index is 6.15. The first-order chi connectivity index (χ1) is 9.16. The molecule has 96 valence electrons. The lowest BCUT2D eigenvalue weighted by molar-refractivity contribution is 0.768. The summed E-state index contributed by atoms with van der Waals surface area (Å²) in [4.78, 5) is 4.65. The Morgan fingerprint density at radius 2 is 1.79 bits per heavy atom. The molecule has 5 nitrogen and oxygen atoms in total. The van der Waals surface area contributed by atoms with Gasteiger partial charge in [0.2, 0.25) is 0 Å². The molecule has 0 unspecified atom stereocenters. The fraction of sp³-hybridized carbons (Fsp3) is 0.143. The van der Waals surface area contributed by atoms with Crippen LogP contribution in [0.3, 0.4) is 0 Å². The van der Waals surface area contributed by atoms with Gasteiger partial charge in [-0.3, -0.25) is 4.68 Å². The molecule has 2 aromatic heterocycles. The second-order valence-corrected chi connectivity index (χ2v) is 4.50. The van der Waals surface area contributed by atoms with Crippen LogP contribution in [-0.4, -0.2) is 19.3 Å². The molecule has 0 saturated carbocycles. The van der Waals surface area contributed by atoms with Crippen LogP contribution in [0.4, 0.5) is 5.82 Å². The highest BCUT2D eigenvalue weighted by molar-refractivity contribution is 5.74. The van der Waals surface area contributed by atoms with Crippen LogP contribution in [0.2, 0.25) is 0 Å². The molecule has 0 radical (unpaired) electrons. The van der Waals surface area contributed by atoms with Crippen LogP contribution in [0.5, 0.6) is 0 Å². The zero-order chi connectivity index (χ0) is 13.4. The summed E-state index contributed by atoms with van der Waals surface area (Å²) in [5.41, 5.74) is 8.89. The summed E-state index contributed by atoms with van der Waals surface area (Å²) >= 11 is 0. The number of nitrogens with zero attached hydrogens (tertiary/aromatic N) is 4. The van der Waals surface area contributed by atoms with E-state index in [2.05, 4.69) is 10.1 Å². The minimum Gasteiger partial charge on any atom is -0.383 e. The molecule has 2 heterocycles. The highest BCUT2D eigenvalue weighted by Gasteiger charge is 2.15. The average molecular weight is 253 g/mol. The number of aromatic nitrogens is 4. The van der Waals surface area contributed by atoms with Gasteiger partial charge in [-0.2, -0.15) is 5.10 Å². The summed E-state index contributed by atoms with van der Waals surface area (Å²) in [6.45, 7) is 0. The molecule has 3 aromatic rings. The van der Waals surface area contributed by atoms with Gasteiger partial charge in [0, 0.05) is 31.4 Å². The topological polar surface area (TPSA) is 61.7 Å². The average Bonchev–Trinajstić information content (AvgIpc) is 2.97. The number of nitrogen functional groups attached to an aromatic ring is 1. The molecule has 1 aromatic carbocycles. The van der Waals surface area contributed by atoms with Crippen molar-refractivity contribution >= 4 is 5.82 Å². The lowest BCUT2D eigenvalue weighted by atomic mass is 10.2. The molecular weight excluding hydrogens is 238 g/mol. The molecule has 0 aliphatic carbocycles. The van der Waals surface area contributed by atoms with E-state index in [0.717, 1.165) is 22.6 Å². The van der Waals surface area contributed by atoms with Crippen molar-refractivity contribution in [1.82, 2.24) is 19.3 Å². The molecule has 0 fully saturated rings. The van der Waals surface area contributed by atoms with Crippen molar-refractivity contribution in [2.24, 2.45) is 14.1 Å². The summed E-state index contributed by atoms with van der Waals surface area (Å²) in [5.74, 6) is 1.50. The van der Waals surface area contributed by atoms with Crippen molar-refractivity contribution in [3.8, 4) is 22.6 Å². The van der Waals surface area contributed by atoms with Gasteiger partial charge in [-0.25, -0.2) is 4.98 Å². The second kappa shape index (κ2) is 4.28. The number of anilines is 1. The van der Waals surface area contributed by atoms with Gasteiger partial charge in [0.25, 0.3) is 0 Å². The van der Waals surface area contributed by atoms with E-state index in [4.69, 9.17) is 5.73 Å². The first-order valence-corrected chi connectivity index (χ1v) is 6.03. The van der Waals surface area contributed by atoms with Crippen LogP contribution < -0.4 is 5.73 Å². The number of hydrogen-bond acceptors (Lipinski definition) is 3. The molecule has 0 atom stereocenters. The predicted octanol–water partition coefficient (Wildman–Crippen LogP) is 2.07. The zero-order valence-corrected chi connectivity index (χ0v) is 10.9. The third kappa shape index (κ3) is 1.89. The van der Waals surface area contributed by atoms with Gasteiger partial charge in [0.1, 0.15) is 17.3 Å². The van der Waals surface area contributed by atoms with E-state index < -0.39 is 0 Å². The van der Waals surface area contributed by atoms with E-state index in [0.29, 0.717) is 5.82 Å². The fourth-order valence-electron chi connectivity index (χ4n) is 2.11. The van der Waals surface area contributed by atoms with Gasteiger partial charge in [-0.1, -0.05) is 30.3 Å². The Morgan fingerprint density at radius 1 is 1.05 bits per heavy atom. The summed E-state index contributed by atoms with van der Waals surface area (Å²) in [6.07, 6.45) is 3.68. The minimum absolute atomic E-state index is 0.645. The molecule has 0 aliphatic heterocycles.